The lowest BCUT2D eigenvalue weighted by molar-refractivity contribution is 0.0701. The molecule has 0 bridgehead atoms. The Labute approximate surface area is 119 Å². The van der Waals surface area contributed by atoms with Gasteiger partial charge in [0.25, 0.3) is 0 Å². The van der Waals surface area contributed by atoms with E-state index < -0.39 is 0 Å². The molecule has 0 saturated heterocycles. The van der Waals surface area contributed by atoms with Crippen LogP contribution in [0.3, 0.4) is 0 Å². The summed E-state index contributed by atoms with van der Waals surface area (Å²) in [5.74, 6) is 7.40. The molecule has 1 aromatic carbocycles. The second-order valence-corrected chi connectivity index (χ2v) is 5.44. The van der Waals surface area contributed by atoms with E-state index in [4.69, 9.17) is 15.3 Å². The predicted octanol–water partition coefficient (Wildman–Crippen LogP) is 2.55. The molecule has 1 heterocycles. The molecule has 20 heavy (non-hydrogen) atoms. The standard InChI is InChI=1S/C16H22N2O2/c17-18-16(12-7-3-1-2-4-8-12)15-11-19-13-9-5-6-10-14(13)20-15/h5-7,9-10,15-16,18H,1-4,8,11,17H2. The van der Waals surface area contributed by atoms with Crippen molar-refractivity contribution in [2.75, 3.05) is 6.61 Å². The predicted molar refractivity (Wildman–Crippen MR) is 78.6 cm³/mol. The van der Waals surface area contributed by atoms with Crippen molar-refractivity contribution >= 4 is 0 Å². The molecule has 3 rings (SSSR count). The maximum atomic E-state index is 6.07. The van der Waals surface area contributed by atoms with Crippen LogP contribution in [0.5, 0.6) is 11.5 Å². The van der Waals surface area contributed by atoms with Gasteiger partial charge in [0.05, 0.1) is 6.04 Å². The molecule has 0 fully saturated rings. The SMILES string of the molecule is NNC(C1=CCCCCC1)C1COc2ccccc2O1. The van der Waals surface area contributed by atoms with Crippen LogP contribution >= 0.6 is 0 Å². The molecular formula is C16H22N2O2. The Kier molecular flexibility index (Phi) is 4.23. The van der Waals surface area contributed by atoms with Gasteiger partial charge in [-0.3, -0.25) is 5.84 Å². The quantitative estimate of drug-likeness (QED) is 0.505. The molecule has 2 atom stereocenters. The number of nitrogens with one attached hydrogen (secondary N) is 1. The fourth-order valence-corrected chi connectivity index (χ4v) is 2.98. The van der Waals surface area contributed by atoms with Crippen LogP contribution in [-0.4, -0.2) is 18.8 Å². The van der Waals surface area contributed by atoms with E-state index in [1.165, 1.54) is 24.8 Å². The van der Waals surface area contributed by atoms with Crippen molar-refractivity contribution in [3.63, 3.8) is 0 Å². The number of fused-ring (bicyclic) bond motifs is 1. The molecule has 3 N–H and O–H groups in total. The Hall–Kier alpha value is -1.52. The van der Waals surface area contributed by atoms with Crippen molar-refractivity contribution in [3.05, 3.63) is 35.9 Å². The van der Waals surface area contributed by atoms with Crippen LogP contribution < -0.4 is 20.7 Å². The van der Waals surface area contributed by atoms with Crippen LogP contribution in [0.4, 0.5) is 0 Å². The molecule has 2 unspecified atom stereocenters. The number of allylic oxidation sites excluding steroid dienone is 1. The third-order valence-electron chi connectivity index (χ3n) is 4.06. The highest BCUT2D eigenvalue weighted by molar-refractivity contribution is 5.41. The molecule has 4 nitrogen and oxygen atoms in total. The smallest absolute Gasteiger partial charge is 0.161 e. The number of hydrogen-bond acceptors (Lipinski definition) is 4. The van der Waals surface area contributed by atoms with Crippen molar-refractivity contribution < 1.29 is 9.47 Å². The Morgan fingerprint density at radius 2 is 2.00 bits per heavy atom. The topological polar surface area (TPSA) is 56.5 Å². The first-order chi connectivity index (χ1) is 9.88. The van der Waals surface area contributed by atoms with Gasteiger partial charge in [-0.25, -0.2) is 5.43 Å². The number of hydrogen-bond donors (Lipinski definition) is 2. The second kappa shape index (κ2) is 6.29. The van der Waals surface area contributed by atoms with Crippen LogP contribution in [0.2, 0.25) is 0 Å². The normalized spacial score (nSPS) is 23.6. The van der Waals surface area contributed by atoms with Crippen LogP contribution in [-0.2, 0) is 0 Å². The minimum Gasteiger partial charge on any atom is -0.486 e. The van der Waals surface area contributed by atoms with Crippen molar-refractivity contribution in [3.8, 4) is 11.5 Å². The first-order valence-corrected chi connectivity index (χ1v) is 7.42. The van der Waals surface area contributed by atoms with E-state index in [2.05, 4.69) is 11.5 Å². The Morgan fingerprint density at radius 3 is 2.85 bits per heavy atom. The van der Waals surface area contributed by atoms with Crippen molar-refractivity contribution in [2.24, 2.45) is 5.84 Å². The molecule has 0 spiro atoms. The molecule has 0 aromatic heterocycles. The van der Waals surface area contributed by atoms with Gasteiger partial charge in [-0.1, -0.05) is 30.2 Å². The van der Waals surface area contributed by atoms with Gasteiger partial charge in [0.1, 0.15) is 6.61 Å². The lowest BCUT2D eigenvalue weighted by Crippen LogP contribution is -2.51. The Morgan fingerprint density at radius 1 is 1.15 bits per heavy atom. The van der Waals surface area contributed by atoms with Crippen molar-refractivity contribution in [1.82, 2.24) is 5.43 Å². The number of nitrogens with two attached hydrogens (primary N) is 1. The Balaban J connectivity index is 1.76. The molecule has 1 aromatic rings. The summed E-state index contributed by atoms with van der Waals surface area (Å²) in [5.41, 5.74) is 4.29. The van der Waals surface area contributed by atoms with E-state index in [-0.39, 0.29) is 12.1 Å². The molecule has 2 aliphatic rings. The second-order valence-electron chi connectivity index (χ2n) is 5.44. The number of ether oxygens (including phenoxy) is 2. The van der Waals surface area contributed by atoms with Gasteiger partial charge in [0, 0.05) is 0 Å². The summed E-state index contributed by atoms with van der Waals surface area (Å²) in [6.45, 7) is 0.531. The van der Waals surface area contributed by atoms with Crippen LogP contribution in [0.15, 0.2) is 35.9 Å². The maximum Gasteiger partial charge on any atom is 0.161 e. The molecular weight excluding hydrogens is 252 g/mol. The van der Waals surface area contributed by atoms with Gasteiger partial charge in [-0.15, -0.1) is 0 Å². The first kappa shape index (κ1) is 13.5. The molecule has 0 amide bonds. The summed E-state index contributed by atoms with van der Waals surface area (Å²) in [7, 11) is 0. The first-order valence-electron chi connectivity index (χ1n) is 7.42. The summed E-state index contributed by atoms with van der Waals surface area (Å²) in [5, 5.41) is 0. The third kappa shape index (κ3) is 2.81. The van der Waals surface area contributed by atoms with Crippen LogP contribution in [0, 0.1) is 0 Å². The summed E-state index contributed by atoms with van der Waals surface area (Å²) in [4.78, 5) is 0. The Bertz CT molecular complexity index is 487. The van der Waals surface area contributed by atoms with E-state index in [0.717, 1.165) is 24.3 Å². The van der Waals surface area contributed by atoms with Gasteiger partial charge in [0.2, 0.25) is 0 Å². The zero-order chi connectivity index (χ0) is 13.8. The molecule has 1 aliphatic carbocycles. The van der Waals surface area contributed by atoms with Gasteiger partial charge in [-0.05, 0) is 37.8 Å². The van der Waals surface area contributed by atoms with E-state index >= 15 is 0 Å². The van der Waals surface area contributed by atoms with E-state index in [1.54, 1.807) is 0 Å². The lowest BCUT2D eigenvalue weighted by Gasteiger charge is -2.33. The monoisotopic (exact) mass is 274 g/mol. The molecule has 0 saturated carbocycles. The minimum absolute atomic E-state index is 0.0291. The molecule has 108 valence electrons. The van der Waals surface area contributed by atoms with Crippen molar-refractivity contribution in [2.45, 2.75) is 44.2 Å². The van der Waals surface area contributed by atoms with Crippen LogP contribution in [0.25, 0.3) is 0 Å². The number of rotatable bonds is 3. The highest BCUT2D eigenvalue weighted by Gasteiger charge is 2.30. The average molecular weight is 274 g/mol. The van der Waals surface area contributed by atoms with E-state index in [1.807, 2.05) is 24.3 Å². The van der Waals surface area contributed by atoms with E-state index in [9.17, 15) is 0 Å². The highest BCUT2D eigenvalue weighted by Crippen LogP contribution is 2.33. The van der Waals surface area contributed by atoms with Gasteiger partial charge in [-0.2, -0.15) is 0 Å². The van der Waals surface area contributed by atoms with E-state index in [0.29, 0.717) is 6.61 Å². The summed E-state index contributed by atoms with van der Waals surface area (Å²) < 4.78 is 11.9. The van der Waals surface area contributed by atoms with Gasteiger partial charge < -0.3 is 9.47 Å². The summed E-state index contributed by atoms with van der Waals surface area (Å²) >= 11 is 0. The molecule has 4 heteroatoms. The fourth-order valence-electron chi connectivity index (χ4n) is 2.98. The largest absolute Gasteiger partial charge is 0.486 e. The van der Waals surface area contributed by atoms with Gasteiger partial charge >= 0.3 is 0 Å². The zero-order valence-electron chi connectivity index (χ0n) is 11.7. The summed E-state index contributed by atoms with van der Waals surface area (Å²) in [6, 6.07) is 7.81. The lowest BCUT2D eigenvalue weighted by atomic mass is 9.97. The average Bonchev–Trinajstić information content (AvgIpc) is 2.77. The molecule has 0 radical (unpaired) electrons. The van der Waals surface area contributed by atoms with Gasteiger partial charge in [0.15, 0.2) is 17.6 Å². The minimum atomic E-state index is -0.0701. The fraction of sp³-hybridized carbons (Fsp3) is 0.500. The number of hydrazine groups is 1. The molecule has 1 aliphatic heterocycles. The highest BCUT2D eigenvalue weighted by atomic mass is 16.6. The third-order valence-corrected chi connectivity index (χ3v) is 4.06. The van der Waals surface area contributed by atoms with Crippen molar-refractivity contribution in [1.29, 1.82) is 0 Å². The zero-order valence-corrected chi connectivity index (χ0v) is 11.7. The summed E-state index contributed by atoms with van der Waals surface area (Å²) in [6.07, 6.45) is 8.27. The number of para-hydroxylation sites is 2. The number of benzene rings is 1. The van der Waals surface area contributed by atoms with Crippen LogP contribution in [0.1, 0.15) is 32.1 Å². The maximum absolute atomic E-state index is 6.07.